The summed E-state index contributed by atoms with van der Waals surface area (Å²) in [6, 6.07) is 8.74. The van der Waals surface area contributed by atoms with Gasteiger partial charge >= 0.3 is 0 Å². The summed E-state index contributed by atoms with van der Waals surface area (Å²) in [6.45, 7) is 6.28. The van der Waals surface area contributed by atoms with E-state index in [0.717, 1.165) is 80.1 Å². The lowest BCUT2D eigenvalue weighted by Crippen LogP contribution is -2.54. The van der Waals surface area contributed by atoms with Gasteiger partial charge in [0.1, 0.15) is 5.82 Å². The molecule has 4 fully saturated rings. The van der Waals surface area contributed by atoms with Crippen LogP contribution in [-0.4, -0.2) is 48.4 Å². The monoisotopic (exact) mass is 510 g/mol. The highest BCUT2D eigenvalue weighted by atomic mass is 35.5. The highest BCUT2D eigenvalue weighted by Crippen LogP contribution is 2.42. The molecule has 36 heavy (non-hydrogen) atoms. The van der Waals surface area contributed by atoms with Crippen molar-refractivity contribution < 1.29 is 14.3 Å². The molecular formula is C28H35ClN4O3. The molecular weight excluding hydrogens is 476 g/mol. The summed E-state index contributed by atoms with van der Waals surface area (Å²) in [4.78, 5) is 23.0. The van der Waals surface area contributed by atoms with Crippen LogP contribution in [0, 0.1) is 5.92 Å². The van der Waals surface area contributed by atoms with Gasteiger partial charge in [-0.1, -0.05) is 11.6 Å². The van der Waals surface area contributed by atoms with Crippen LogP contribution >= 0.6 is 11.6 Å². The van der Waals surface area contributed by atoms with Crippen LogP contribution in [0.3, 0.4) is 0 Å². The number of morpholine rings is 1. The van der Waals surface area contributed by atoms with Crippen LogP contribution < -0.4 is 15.1 Å². The Morgan fingerprint density at radius 3 is 2.69 bits per heavy atom. The first-order valence-corrected chi connectivity index (χ1v) is 13.7. The minimum absolute atomic E-state index is 0.0124. The minimum atomic E-state index is -0.0124. The number of aromatic nitrogens is 1. The lowest BCUT2D eigenvalue weighted by molar-refractivity contribution is -0.124. The molecule has 2 aromatic rings. The number of carbonyl (C=O) groups is 1. The summed E-state index contributed by atoms with van der Waals surface area (Å²) in [7, 11) is 0. The standard InChI is InChI=1S/C28H35ClN4O3/c1-17(2)36-23-7-3-18(4-8-23)28(34)33-14-19-11-20(29)13-30-27(19)31-25-10-6-21(12-26(25)33)32-15-24-9-5-22(32)16-35-24/h6,10-13,17-18,22-24H,3-5,7-9,14-16H2,1-2H3,(H,30,31)/t18?,22-,23?,24-/m0/s1. The SMILES string of the molecule is CC(C)OC1CCC(C(=O)N2Cc3cc(Cl)cnc3Nc3ccc(N4C[C@@H]5CC[C@H]4CO5)cc32)CC1. The van der Waals surface area contributed by atoms with E-state index in [1.165, 1.54) is 0 Å². The van der Waals surface area contributed by atoms with Crippen LogP contribution in [0.25, 0.3) is 0 Å². The van der Waals surface area contributed by atoms with Crippen molar-refractivity contribution in [2.45, 2.75) is 83.3 Å². The fraction of sp³-hybridized carbons (Fsp3) is 0.571. The average Bonchev–Trinajstić information content (AvgIpc) is 3.05. The van der Waals surface area contributed by atoms with Crippen molar-refractivity contribution in [2.24, 2.45) is 5.92 Å². The molecule has 8 heteroatoms. The molecule has 7 nitrogen and oxygen atoms in total. The first-order valence-electron chi connectivity index (χ1n) is 13.3. The number of benzene rings is 1. The fourth-order valence-corrected chi connectivity index (χ4v) is 6.42. The van der Waals surface area contributed by atoms with E-state index in [1.807, 2.05) is 11.0 Å². The molecule has 0 radical (unpaired) electrons. The van der Waals surface area contributed by atoms with Crippen molar-refractivity contribution in [2.75, 3.05) is 28.3 Å². The Morgan fingerprint density at radius 1 is 1.17 bits per heavy atom. The van der Waals surface area contributed by atoms with Crippen LogP contribution in [0.5, 0.6) is 0 Å². The van der Waals surface area contributed by atoms with E-state index in [1.54, 1.807) is 6.20 Å². The van der Waals surface area contributed by atoms with E-state index < -0.39 is 0 Å². The van der Waals surface area contributed by atoms with E-state index in [2.05, 4.69) is 47.2 Å². The molecule has 4 aliphatic heterocycles. The van der Waals surface area contributed by atoms with Crippen LogP contribution in [0.2, 0.25) is 5.02 Å². The molecule has 1 aliphatic carbocycles. The Bertz CT molecular complexity index is 1130. The van der Waals surface area contributed by atoms with Gasteiger partial charge in [0.2, 0.25) is 5.91 Å². The van der Waals surface area contributed by atoms with Gasteiger partial charge in [-0.15, -0.1) is 0 Å². The Balaban J connectivity index is 1.32. The number of nitrogens with zero attached hydrogens (tertiary/aromatic N) is 3. The predicted molar refractivity (Wildman–Crippen MR) is 142 cm³/mol. The summed E-state index contributed by atoms with van der Waals surface area (Å²) < 4.78 is 12.0. The van der Waals surface area contributed by atoms with Gasteiger partial charge in [0, 0.05) is 29.9 Å². The molecule has 1 aromatic heterocycles. The second-order valence-electron chi connectivity index (χ2n) is 10.9. The number of anilines is 4. The van der Waals surface area contributed by atoms with Crippen LogP contribution in [-0.2, 0) is 20.8 Å². The van der Waals surface area contributed by atoms with Crippen molar-refractivity contribution in [3.05, 3.63) is 41.0 Å². The molecule has 192 valence electrons. The maximum Gasteiger partial charge on any atom is 0.230 e. The normalized spacial score (nSPS) is 27.3. The second kappa shape index (κ2) is 9.84. The third-order valence-corrected chi connectivity index (χ3v) is 8.27. The molecule has 1 saturated carbocycles. The number of hydrogen-bond donors (Lipinski definition) is 1. The Morgan fingerprint density at radius 2 is 2.00 bits per heavy atom. The summed E-state index contributed by atoms with van der Waals surface area (Å²) in [5, 5.41) is 4.06. The van der Waals surface area contributed by atoms with E-state index in [4.69, 9.17) is 21.1 Å². The van der Waals surface area contributed by atoms with E-state index in [-0.39, 0.29) is 24.0 Å². The third kappa shape index (κ3) is 4.69. The number of piperidine rings is 1. The first kappa shape index (κ1) is 24.0. The van der Waals surface area contributed by atoms with Crippen molar-refractivity contribution >= 4 is 40.4 Å². The zero-order valence-electron chi connectivity index (χ0n) is 21.1. The zero-order chi connectivity index (χ0) is 24.8. The average molecular weight is 511 g/mol. The molecule has 1 aromatic carbocycles. The van der Waals surface area contributed by atoms with Crippen molar-refractivity contribution in [1.82, 2.24) is 4.98 Å². The molecule has 0 unspecified atom stereocenters. The van der Waals surface area contributed by atoms with E-state index >= 15 is 0 Å². The van der Waals surface area contributed by atoms with Gasteiger partial charge in [0.25, 0.3) is 0 Å². The predicted octanol–water partition coefficient (Wildman–Crippen LogP) is 5.68. The molecule has 5 heterocycles. The number of halogens is 1. The highest BCUT2D eigenvalue weighted by Gasteiger charge is 2.37. The number of carbonyl (C=O) groups excluding carboxylic acids is 1. The third-order valence-electron chi connectivity index (χ3n) is 8.06. The van der Waals surface area contributed by atoms with Crippen molar-refractivity contribution in [1.29, 1.82) is 0 Å². The molecule has 0 spiro atoms. The number of pyridine rings is 1. The summed E-state index contributed by atoms with van der Waals surface area (Å²) in [5.41, 5.74) is 3.89. The molecule has 1 N–H and O–H groups in total. The van der Waals surface area contributed by atoms with Crippen molar-refractivity contribution in [3.8, 4) is 0 Å². The van der Waals surface area contributed by atoms with Gasteiger partial charge in [-0.25, -0.2) is 4.98 Å². The van der Waals surface area contributed by atoms with Gasteiger partial charge in [0.05, 0.1) is 53.9 Å². The highest BCUT2D eigenvalue weighted by molar-refractivity contribution is 6.30. The fourth-order valence-electron chi connectivity index (χ4n) is 6.24. The topological polar surface area (TPSA) is 66.9 Å². The quantitative estimate of drug-likeness (QED) is 0.571. The smallest absolute Gasteiger partial charge is 0.230 e. The van der Waals surface area contributed by atoms with Crippen molar-refractivity contribution in [3.63, 3.8) is 0 Å². The maximum absolute atomic E-state index is 14.1. The largest absolute Gasteiger partial charge is 0.376 e. The number of amides is 1. The maximum atomic E-state index is 14.1. The van der Waals surface area contributed by atoms with Gasteiger partial charge in [0.15, 0.2) is 0 Å². The van der Waals surface area contributed by atoms with Gasteiger partial charge in [-0.3, -0.25) is 4.79 Å². The molecule has 7 rings (SSSR count). The lowest BCUT2D eigenvalue weighted by Gasteiger charge is -2.46. The summed E-state index contributed by atoms with van der Waals surface area (Å²) >= 11 is 6.31. The number of ether oxygens (including phenoxy) is 2. The Labute approximate surface area is 218 Å². The Hall–Kier alpha value is -2.35. The first-order chi connectivity index (χ1) is 17.4. The minimum Gasteiger partial charge on any atom is -0.376 e. The number of fused-ring (bicyclic) bond motifs is 5. The Kier molecular flexibility index (Phi) is 6.56. The molecule has 2 atom stereocenters. The number of nitrogens with one attached hydrogen (secondary N) is 1. The molecule has 5 aliphatic rings. The van der Waals surface area contributed by atoms with E-state index in [9.17, 15) is 4.79 Å². The summed E-state index contributed by atoms with van der Waals surface area (Å²) in [5.74, 6) is 0.916. The number of rotatable bonds is 4. The number of hydrogen-bond acceptors (Lipinski definition) is 6. The molecule has 2 bridgehead atoms. The second-order valence-corrected chi connectivity index (χ2v) is 11.3. The van der Waals surface area contributed by atoms with Crippen LogP contribution in [0.1, 0.15) is 57.9 Å². The summed E-state index contributed by atoms with van der Waals surface area (Å²) in [6.07, 6.45) is 8.24. The lowest BCUT2D eigenvalue weighted by atomic mass is 9.86. The molecule has 1 amide bonds. The van der Waals surface area contributed by atoms with Gasteiger partial charge in [-0.2, -0.15) is 0 Å². The molecule has 3 saturated heterocycles. The zero-order valence-corrected chi connectivity index (χ0v) is 21.8. The van der Waals surface area contributed by atoms with E-state index in [0.29, 0.717) is 23.7 Å². The van der Waals surface area contributed by atoms with Gasteiger partial charge < -0.3 is 24.6 Å². The van der Waals surface area contributed by atoms with Crippen LogP contribution in [0.15, 0.2) is 30.5 Å². The van der Waals surface area contributed by atoms with Crippen LogP contribution in [0.4, 0.5) is 22.9 Å². The van der Waals surface area contributed by atoms with Gasteiger partial charge in [-0.05, 0) is 76.6 Å².